The van der Waals surface area contributed by atoms with Gasteiger partial charge in [-0.25, -0.2) is 4.68 Å². The van der Waals surface area contributed by atoms with Gasteiger partial charge in [-0.15, -0.1) is 0 Å². The fraction of sp³-hybridized carbons (Fsp3) is 0.217. The molecule has 0 spiro atoms. The van der Waals surface area contributed by atoms with E-state index in [4.69, 9.17) is 0 Å². The molecule has 1 aromatic heterocycles. The quantitative estimate of drug-likeness (QED) is 0.681. The average Bonchev–Trinajstić information content (AvgIpc) is 2.66. The second-order valence-corrected chi connectivity index (χ2v) is 7.28. The Hall–Kier alpha value is -3.74. The third-order valence-electron chi connectivity index (χ3n) is 4.74. The number of carbonyl (C=O) groups excluding carboxylic acids is 2. The van der Waals surface area contributed by atoms with Crippen molar-refractivity contribution in [3.8, 4) is 11.3 Å². The van der Waals surface area contributed by atoms with Crippen molar-refractivity contribution < 1.29 is 9.59 Å². The van der Waals surface area contributed by atoms with E-state index in [9.17, 15) is 14.4 Å². The SMILES string of the molecule is CC(=O)Nc1cccc(NC(=O)Cn2nc(-c3cc(C)c(C)cc3C)ccc2=O)c1. The first-order valence-corrected chi connectivity index (χ1v) is 9.57. The normalized spacial score (nSPS) is 10.5. The first-order chi connectivity index (χ1) is 14.2. The summed E-state index contributed by atoms with van der Waals surface area (Å²) in [4.78, 5) is 35.9. The van der Waals surface area contributed by atoms with Crippen LogP contribution in [0.2, 0.25) is 0 Å². The van der Waals surface area contributed by atoms with Crippen LogP contribution in [0.15, 0.2) is 53.3 Å². The van der Waals surface area contributed by atoms with E-state index in [2.05, 4.69) is 21.8 Å². The van der Waals surface area contributed by atoms with E-state index in [1.165, 1.54) is 18.6 Å². The predicted octanol–water partition coefficient (Wildman–Crippen LogP) is 3.43. The molecule has 0 bridgehead atoms. The lowest BCUT2D eigenvalue weighted by Gasteiger charge is -2.12. The van der Waals surface area contributed by atoms with Crippen LogP contribution in [0.5, 0.6) is 0 Å². The molecule has 30 heavy (non-hydrogen) atoms. The molecule has 0 aliphatic carbocycles. The van der Waals surface area contributed by atoms with Gasteiger partial charge in [0.05, 0.1) is 5.69 Å². The summed E-state index contributed by atoms with van der Waals surface area (Å²) in [6.45, 7) is 7.25. The number of aryl methyl sites for hydroxylation is 3. The van der Waals surface area contributed by atoms with Gasteiger partial charge >= 0.3 is 0 Å². The Labute approximate surface area is 174 Å². The van der Waals surface area contributed by atoms with Gasteiger partial charge in [0, 0.05) is 29.9 Å². The molecule has 2 N–H and O–H groups in total. The van der Waals surface area contributed by atoms with E-state index in [-0.39, 0.29) is 18.0 Å². The van der Waals surface area contributed by atoms with Gasteiger partial charge < -0.3 is 10.6 Å². The largest absolute Gasteiger partial charge is 0.326 e. The highest BCUT2D eigenvalue weighted by molar-refractivity contribution is 5.93. The number of anilines is 2. The number of hydrogen-bond acceptors (Lipinski definition) is 4. The molecule has 3 rings (SSSR count). The maximum Gasteiger partial charge on any atom is 0.267 e. The van der Waals surface area contributed by atoms with Crippen LogP contribution in [-0.2, 0) is 16.1 Å². The van der Waals surface area contributed by atoms with Crippen molar-refractivity contribution in [2.75, 3.05) is 10.6 Å². The zero-order chi connectivity index (χ0) is 21.8. The number of rotatable bonds is 5. The highest BCUT2D eigenvalue weighted by Crippen LogP contribution is 2.24. The topological polar surface area (TPSA) is 93.1 Å². The van der Waals surface area contributed by atoms with Crippen LogP contribution in [0, 0.1) is 20.8 Å². The lowest BCUT2D eigenvalue weighted by atomic mass is 9.99. The Morgan fingerprint density at radius 3 is 2.27 bits per heavy atom. The molecule has 0 radical (unpaired) electrons. The van der Waals surface area contributed by atoms with Gasteiger partial charge in [0.25, 0.3) is 5.56 Å². The van der Waals surface area contributed by atoms with E-state index in [1.807, 2.05) is 26.8 Å². The molecule has 154 valence electrons. The second kappa shape index (κ2) is 8.73. The number of carbonyl (C=O) groups is 2. The summed E-state index contributed by atoms with van der Waals surface area (Å²) in [5, 5.41) is 9.79. The van der Waals surface area contributed by atoms with E-state index in [0.29, 0.717) is 17.1 Å². The smallest absolute Gasteiger partial charge is 0.267 e. The van der Waals surface area contributed by atoms with Crippen molar-refractivity contribution in [2.24, 2.45) is 0 Å². The summed E-state index contributed by atoms with van der Waals surface area (Å²) in [5.41, 5.74) is 5.66. The van der Waals surface area contributed by atoms with Crippen LogP contribution in [-0.4, -0.2) is 21.6 Å². The van der Waals surface area contributed by atoms with Crippen LogP contribution in [0.3, 0.4) is 0 Å². The first-order valence-electron chi connectivity index (χ1n) is 9.57. The standard InChI is InChI=1S/C23H24N4O3/c1-14-10-16(3)20(11-15(14)2)21-8-9-23(30)27(26-21)13-22(29)25-19-7-5-6-18(12-19)24-17(4)28/h5-12H,13H2,1-4H3,(H,24,28)(H,25,29). The van der Waals surface area contributed by atoms with Crippen molar-refractivity contribution in [2.45, 2.75) is 34.2 Å². The zero-order valence-electron chi connectivity index (χ0n) is 17.4. The van der Waals surface area contributed by atoms with Crippen LogP contribution in [0.4, 0.5) is 11.4 Å². The summed E-state index contributed by atoms with van der Waals surface area (Å²) in [5.74, 6) is -0.591. The summed E-state index contributed by atoms with van der Waals surface area (Å²) >= 11 is 0. The average molecular weight is 404 g/mol. The summed E-state index contributed by atoms with van der Waals surface area (Å²) in [7, 11) is 0. The summed E-state index contributed by atoms with van der Waals surface area (Å²) < 4.78 is 1.15. The molecule has 2 aromatic carbocycles. The number of nitrogens with one attached hydrogen (secondary N) is 2. The number of aromatic nitrogens is 2. The molecule has 0 aliphatic heterocycles. The zero-order valence-corrected chi connectivity index (χ0v) is 17.4. The summed E-state index contributed by atoms with van der Waals surface area (Å²) in [6.07, 6.45) is 0. The molecular formula is C23H24N4O3. The van der Waals surface area contributed by atoms with Gasteiger partial charge in [-0.2, -0.15) is 5.10 Å². The first kappa shape index (κ1) is 21.0. The molecule has 0 fully saturated rings. The van der Waals surface area contributed by atoms with Gasteiger partial charge in [0.1, 0.15) is 6.54 Å². The number of nitrogens with zero attached hydrogens (tertiary/aromatic N) is 2. The third-order valence-corrected chi connectivity index (χ3v) is 4.74. The van der Waals surface area contributed by atoms with Crippen molar-refractivity contribution in [3.63, 3.8) is 0 Å². The molecule has 1 heterocycles. The van der Waals surface area contributed by atoms with Crippen molar-refractivity contribution >= 4 is 23.2 Å². The van der Waals surface area contributed by atoms with Gasteiger partial charge in [0.15, 0.2) is 0 Å². The van der Waals surface area contributed by atoms with E-state index >= 15 is 0 Å². The van der Waals surface area contributed by atoms with Crippen LogP contribution < -0.4 is 16.2 Å². The predicted molar refractivity (Wildman–Crippen MR) is 118 cm³/mol. The molecule has 0 saturated heterocycles. The van der Waals surface area contributed by atoms with Crippen LogP contribution in [0.25, 0.3) is 11.3 Å². The molecule has 3 aromatic rings. The lowest BCUT2D eigenvalue weighted by Crippen LogP contribution is -2.29. The molecular weight excluding hydrogens is 380 g/mol. The fourth-order valence-electron chi connectivity index (χ4n) is 3.16. The molecule has 7 heteroatoms. The molecule has 0 atom stereocenters. The Kier molecular flexibility index (Phi) is 6.11. The molecule has 0 unspecified atom stereocenters. The third kappa shape index (κ3) is 5.00. The maximum absolute atomic E-state index is 12.5. The van der Waals surface area contributed by atoms with E-state index in [0.717, 1.165) is 21.4 Å². The monoisotopic (exact) mass is 404 g/mol. The Balaban J connectivity index is 1.81. The minimum atomic E-state index is -0.390. The van der Waals surface area contributed by atoms with Crippen molar-refractivity contribution in [1.29, 1.82) is 0 Å². The number of amides is 2. The lowest BCUT2D eigenvalue weighted by molar-refractivity contribution is -0.117. The maximum atomic E-state index is 12.5. The molecule has 0 aliphatic rings. The Morgan fingerprint density at radius 2 is 1.57 bits per heavy atom. The van der Waals surface area contributed by atoms with Gasteiger partial charge in [-0.3, -0.25) is 14.4 Å². The highest BCUT2D eigenvalue weighted by atomic mass is 16.2. The minimum absolute atomic E-state index is 0.201. The van der Waals surface area contributed by atoms with Gasteiger partial charge in [-0.1, -0.05) is 12.1 Å². The fourth-order valence-corrected chi connectivity index (χ4v) is 3.16. The Bertz CT molecular complexity index is 1180. The Morgan fingerprint density at radius 1 is 0.900 bits per heavy atom. The second-order valence-electron chi connectivity index (χ2n) is 7.28. The number of benzene rings is 2. The minimum Gasteiger partial charge on any atom is -0.326 e. The van der Waals surface area contributed by atoms with Crippen LogP contribution in [0.1, 0.15) is 23.6 Å². The van der Waals surface area contributed by atoms with Crippen molar-refractivity contribution in [3.05, 3.63) is 75.6 Å². The molecule has 2 amide bonds. The molecule has 7 nitrogen and oxygen atoms in total. The van der Waals surface area contributed by atoms with E-state index in [1.54, 1.807) is 30.3 Å². The molecule has 0 saturated carbocycles. The van der Waals surface area contributed by atoms with E-state index < -0.39 is 5.91 Å². The van der Waals surface area contributed by atoms with Crippen molar-refractivity contribution in [1.82, 2.24) is 9.78 Å². The number of hydrogen-bond donors (Lipinski definition) is 2. The van der Waals surface area contributed by atoms with Gasteiger partial charge in [0.2, 0.25) is 11.8 Å². The highest BCUT2D eigenvalue weighted by Gasteiger charge is 2.11. The van der Waals surface area contributed by atoms with Gasteiger partial charge in [-0.05, 0) is 67.8 Å². The summed E-state index contributed by atoms with van der Waals surface area (Å²) in [6, 6.07) is 14.0. The van der Waals surface area contributed by atoms with Crippen LogP contribution >= 0.6 is 0 Å².